The van der Waals surface area contributed by atoms with E-state index in [2.05, 4.69) is 10.6 Å². The van der Waals surface area contributed by atoms with E-state index in [1.807, 2.05) is 0 Å². The number of carbonyl (C=O) groups is 1. The minimum absolute atomic E-state index is 0.278. The van der Waals surface area contributed by atoms with Gasteiger partial charge in [-0.25, -0.2) is 4.79 Å². The topological polar surface area (TPSA) is 41.1 Å². The van der Waals surface area contributed by atoms with Gasteiger partial charge >= 0.3 is 6.03 Å². The van der Waals surface area contributed by atoms with Crippen molar-refractivity contribution in [2.45, 2.75) is 42.8 Å². The molecule has 3 nitrogen and oxygen atoms in total. The number of hydrogen-bond acceptors (Lipinski definition) is 2. The Labute approximate surface area is 127 Å². The summed E-state index contributed by atoms with van der Waals surface area (Å²) in [6.45, 7) is 0.678. The number of carbonyl (C=O) groups excluding carboxylic acids is 1. The van der Waals surface area contributed by atoms with E-state index in [-0.39, 0.29) is 6.03 Å². The highest BCUT2D eigenvalue weighted by Crippen LogP contribution is 2.27. The second kappa shape index (κ2) is 8.22. The zero-order valence-corrected chi connectivity index (χ0v) is 12.6. The molecule has 0 radical (unpaired) electrons. The van der Waals surface area contributed by atoms with Crippen LogP contribution < -0.4 is 10.6 Å². The number of benzene rings is 1. The van der Waals surface area contributed by atoms with Gasteiger partial charge in [0.25, 0.3) is 5.76 Å². The summed E-state index contributed by atoms with van der Waals surface area (Å²) in [6.07, 6.45) is 6.10. The van der Waals surface area contributed by atoms with Crippen LogP contribution in [0.25, 0.3) is 0 Å². The van der Waals surface area contributed by atoms with Crippen LogP contribution in [-0.2, 0) is 0 Å². The summed E-state index contributed by atoms with van der Waals surface area (Å²) in [5.41, 5.74) is 0.529. The third kappa shape index (κ3) is 5.91. The van der Waals surface area contributed by atoms with E-state index in [1.165, 1.54) is 32.1 Å². The molecule has 1 fully saturated rings. The number of amides is 2. The van der Waals surface area contributed by atoms with E-state index in [4.69, 9.17) is 0 Å². The van der Waals surface area contributed by atoms with Crippen LogP contribution in [0.3, 0.4) is 0 Å². The molecule has 21 heavy (non-hydrogen) atoms. The summed E-state index contributed by atoms with van der Waals surface area (Å²) in [4.78, 5) is 12.3. The van der Waals surface area contributed by atoms with Gasteiger partial charge in [-0.3, -0.25) is 0 Å². The summed E-state index contributed by atoms with van der Waals surface area (Å²) in [6, 6.07) is 6.22. The van der Waals surface area contributed by atoms with Gasteiger partial charge in [0, 0.05) is 17.1 Å². The number of urea groups is 1. The number of halogens is 2. The lowest BCUT2D eigenvalue weighted by molar-refractivity contribution is 0.247. The fourth-order valence-corrected chi connectivity index (χ4v) is 3.11. The van der Waals surface area contributed by atoms with Gasteiger partial charge in [-0.1, -0.05) is 37.1 Å². The largest absolute Gasteiger partial charge is 0.338 e. The normalized spacial score (nSPS) is 16.0. The molecule has 0 unspecified atom stereocenters. The van der Waals surface area contributed by atoms with E-state index in [9.17, 15) is 13.6 Å². The Morgan fingerprint density at radius 2 is 2.05 bits per heavy atom. The first-order valence-electron chi connectivity index (χ1n) is 7.23. The zero-order valence-electron chi connectivity index (χ0n) is 11.8. The Kier molecular flexibility index (Phi) is 6.29. The molecule has 1 aromatic carbocycles. The molecule has 6 heteroatoms. The van der Waals surface area contributed by atoms with Crippen molar-refractivity contribution in [3.8, 4) is 0 Å². The third-order valence-corrected chi connectivity index (χ3v) is 4.30. The predicted octanol–water partition coefficient (Wildman–Crippen LogP) is 4.70. The van der Waals surface area contributed by atoms with Gasteiger partial charge in [0.15, 0.2) is 0 Å². The van der Waals surface area contributed by atoms with Gasteiger partial charge in [0.05, 0.1) is 0 Å². The molecule has 2 rings (SSSR count). The molecule has 1 saturated carbocycles. The molecule has 1 aromatic rings. The van der Waals surface area contributed by atoms with Crippen LogP contribution in [0.4, 0.5) is 19.3 Å². The van der Waals surface area contributed by atoms with Crippen LogP contribution in [0.15, 0.2) is 29.2 Å². The van der Waals surface area contributed by atoms with Crippen LogP contribution in [0.2, 0.25) is 0 Å². The number of nitrogens with one attached hydrogen (secondary N) is 2. The summed E-state index contributed by atoms with van der Waals surface area (Å²) in [5.74, 6) is -1.90. The number of hydrogen-bond donors (Lipinski definition) is 2. The quantitative estimate of drug-likeness (QED) is 0.773. The highest BCUT2D eigenvalue weighted by molar-refractivity contribution is 7.99. The molecule has 0 spiro atoms. The predicted molar refractivity (Wildman–Crippen MR) is 81.9 cm³/mol. The molecule has 0 atom stereocenters. The van der Waals surface area contributed by atoms with E-state index < -0.39 is 5.76 Å². The highest BCUT2D eigenvalue weighted by atomic mass is 32.2. The molecule has 0 aliphatic heterocycles. The Morgan fingerprint density at radius 3 is 2.76 bits per heavy atom. The van der Waals surface area contributed by atoms with Gasteiger partial charge in [0.2, 0.25) is 0 Å². The third-order valence-electron chi connectivity index (χ3n) is 3.59. The standard InChI is InChI=1S/C15H20F2N2OS/c16-14(17)21-13-8-4-7-12(9-13)19-15(20)18-10-11-5-2-1-3-6-11/h4,7-9,11,14H,1-3,5-6,10H2,(H2,18,19,20). The molecule has 2 N–H and O–H groups in total. The first kappa shape index (κ1) is 16.1. The van der Waals surface area contributed by atoms with Gasteiger partial charge in [0.1, 0.15) is 0 Å². The van der Waals surface area contributed by atoms with E-state index >= 15 is 0 Å². The summed E-state index contributed by atoms with van der Waals surface area (Å²) in [5, 5.41) is 5.54. The van der Waals surface area contributed by atoms with Crippen molar-refractivity contribution in [3.63, 3.8) is 0 Å². The summed E-state index contributed by atoms with van der Waals surface area (Å²) < 4.78 is 24.6. The first-order chi connectivity index (χ1) is 10.1. The van der Waals surface area contributed by atoms with Crippen molar-refractivity contribution >= 4 is 23.5 Å². The molecule has 0 heterocycles. The van der Waals surface area contributed by atoms with Crippen LogP contribution in [-0.4, -0.2) is 18.3 Å². The number of anilines is 1. The number of rotatable bonds is 5. The molecule has 0 bridgehead atoms. The Bertz CT molecular complexity index is 465. The lowest BCUT2D eigenvalue weighted by Crippen LogP contribution is -2.33. The molecule has 2 amide bonds. The molecule has 0 aromatic heterocycles. The van der Waals surface area contributed by atoms with E-state index in [0.29, 0.717) is 34.8 Å². The first-order valence-corrected chi connectivity index (χ1v) is 8.11. The van der Waals surface area contributed by atoms with Crippen molar-refractivity contribution in [3.05, 3.63) is 24.3 Å². The lowest BCUT2D eigenvalue weighted by Gasteiger charge is -2.21. The van der Waals surface area contributed by atoms with Crippen LogP contribution >= 0.6 is 11.8 Å². The Balaban J connectivity index is 1.78. The second-order valence-electron chi connectivity index (χ2n) is 5.25. The van der Waals surface area contributed by atoms with Crippen molar-refractivity contribution in [2.75, 3.05) is 11.9 Å². The van der Waals surface area contributed by atoms with Crippen molar-refractivity contribution in [2.24, 2.45) is 5.92 Å². The Hall–Kier alpha value is -1.30. The van der Waals surface area contributed by atoms with Gasteiger partial charge in [-0.2, -0.15) is 8.78 Å². The highest BCUT2D eigenvalue weighted by Gasteiger charge is 2.14. The number of thioether (sulfide) groups is 1. The van der Waals surface area contributed by atoms with Crippen LogP contribution in [0, 0.1) is 5.92 Å². The SMILES string of the molecule is O=C(NCC1CCCCC1)Nc1cccc(SC(F)F)c1. The van der Waals surface area contributed by atoms with Crippen LogP contribution in [0.1, 0.15) is 32.1 Å². The Morgan fingerprint density at radius 1 is 1.29 bits per heavy atom. The van der Waals surface area contributed by atoms with Gasteiger partial charge < -0.3 is 10.6 Å². The zero-order chi connectivity index (χ0) is 15.1. The lowest BCUT2D eigenvalue weighted by atomic mass is 9.89. The maximum Gasteiger partial charge on any atom is 0.319 e. The second-order valence-corrected chi connectivity index (χ2v) is 6.31. The minimum atomic E-state index is -2.46. The van der Waals surface area contributed by atoms with Crippen LogP contribution in [0.5, 0.6) is 0 Å². The maximum atomic E-state index is 12.3. The fourth-order valence-electron chi connectivity index (χ4n) is 2.55. The van der Waals surface area contributed by atoms with Crippen molar-refractivity contribution in [1.82, 2.24) is 5.32 Å². The molecular weight excluding hydrogens is 294 g/mol. The average Bonchev–Trinajstić information content (AvgIpc) is 2.46. The van der Waals surface area contributed by atoms with Crippen molar-refractivity contribution < 1.29 is 13.6 Å². The average molecular weight is 314 g/mol. The molecule has 116 valence electrons. The molecule has 0 saturated heterocycles. The molecular formula is C15H20F2N2OS. The van der Waals surface area contributed by atoms with Gasteiger partial charge in [-0.05, 0) is 37.0 Å². The molecule has 1 aliphatic rings. The monoisotopic (exact) mass is 314 g/mol. The minimum Gasteiger partial charge on any atom is -0.338 e. The molecule has 1 aliphatic carbocycles. The number of alkyl halides is 2. The summed E-state index contributed by atoms with van der Waals surface area (Å²) >= 11 is 0.471. The maximum absolute atomic E-state index is 12.3. The fraction of sp³-hybridized carbons (Fsp3) is 0.533. The smallest absolute Gasteiger partial charge is 0.319 e. The van der Waals surface area contributed by atoms with Crippen molar-refractivity contribution in [1.29, 1.82) is 0 Å². The van der Waals surface area contributed by atoms with E-state index in [0.717, 1.165) is 0 Å². The van der Waals surface area contributed by atoms with E-state index in [1.54, 1.807) is 24.3 Å². The van der Waals surface area contributed by atoms with Gasteiger partial charge in [-0.15, -0.1) is 0 Å². The summed E-state index contributed by atoms with van der Waals surface area (Å²) in [7, 11) is 0.